The molecule has 0 spiro atoms. The van der Waals surface area contributed by atoms with Crippen molar-refractivity contribution in [2.45, 2.75) is 63.7 Å². The molecule has 1 aromatic heterocycles. The molecule has 0 radical (unpaired) electrons. The van der Waals surface area contributed by atoms with Crippen LogP contribution in [-0.2, 0) is 30.4 Å². The Kier molecular flexibility index (Phi) is 12.8. The third-order valence-electron chi connectivity index (χ3n) is 5.36. The molecular formula is C21H34N6O7S. The van der Waals surface area contributed by atoms with Crippen molar-refractivity contribution in [2.75, 3.05) is 12.0 Å². The molecule has 0 saturated heterocycles. The summed E-state index contributed by atoms with van der Waals surface area (Å²) in [5, 5.41) is 25.9. The molecule has 5 atom stereocenters. The van der Waals surface area contributed by atoms with E-state index in [1.165, 1.54) is 24.3 Å². The number of carboxylic acids is 2. The van der Waals surface area contributed by atoms with Crippen molar-refractivity contribution in [2.24, 2.45) is 11.7 Å². The fraction of sp³-hybridized carbons (Fsp3) is 0.619. The first-order valence-corrected chi connectivity index (χ1v) is 12.5. The number of thioether (sulfide) groups is 1. The number of carbonyl (C=O) groups excluding carboxylic acids is 3. The van der Waals surface area contributed by atoms with Gasteiger partial charge in [-0.1, -0.05) is 20.3 Å². The zero-order valence-electron chi connectivity index (χ0n) is 19.9. The lowest BCUT2D eigenvalue weighted by Crippen LogP contribution is -2.58. The number of carbonyl (C=O) groups is 5. The van der Waals surface area contributed by atoms with E-state index in [-0.39, 0.29) is 18.8 Å². The van der Waals surface area contributed by atoms with Crippen molar-refractivity contribution in [3.63, 3.8) is 0 Å². The molecule has 1 rings (SSSR count). The number of aliphatic carboxylic acids is 2. The minimum absolute atomic E-state index is 0.0289. The van der Waals surface area contributed by atoms with Gasteiger partial charge in [0.15, 0.2) is 0 Å². The number of nitrogens with one attached hydrogen (secondary N) is 4. The highest BCUT2D eigenvalue weighted by molar-refractivity contribution is 7.98. The van der Waals surface area contributed by atoms with Gasteiger partial charge in [-0.3, -0.25) is 19.2 Å². The summed E-state index contributed by atoms with van der Waals surface area (Å²) < 4.78 is 0. The molecule has 0 fully saturated rings. The van der Waals surface area contributed by atoms with E-state index in [0.717, 1.165) is 0 Å². The average molecular weight is 515 g/mol. The smallest absolute Gasteiger partial charge is 0.326 e. The number of amides is 3. The highest BCUT2D eigenvalue weighted by Gasteiger charge is 2.32. The first-order chi connectivity index (χ1) is 16.5. The number of nitrogens with two attached hydrogens (primary N) is 1. The second kappa shape index (κ2) is 15.0. The Hall–Kier alpha value is -3.13. The maximum absolute atomic E-state index is 13.1. The molecule has 0 bridgehead atoms. The van der Waals surface area contributed by atoms with Gasteiger partial charge in [0, 0.05) is 18.3 Å². The van der Waals surface area contributed by atoms with Gasteiger partial charge in [0.25, 0.3) is 0 Å². The maximum Gasteiger partial charge on any atom is 0.326 e. The topological polar surface area (TPSA) is 217 Å². The summed E-state index contributed by atoms with van der Waals surface area (Å²) in [4.78, 5) is 67.6. The van der Waals surface area contributed by atoms with Crippen molar-refractivity contribution in [3.8, 4) is 0 Å². The van der Waals surface area contributed by atoms with E-state index in [9.17, 15) is 29.1 Å². The van der Waals surface area contributed by atoms with Crippen molar-refractivity contribution in [1.82, 2.24) is 25.9 Å². The molecule has 8 N–H and O–H groups in total. The van der Waals surface area contributed by atoms with Crippen LogP contribution >= 0.6 is 11.8 Å². The summed E-state index contributed by atoms with van der Waals surface area (Å²) in [5.74, 6) is -4.51. The Balaban J connectivity index is 3.05. The lowest BCUT2D eigenvalue weighted by Gasteiger charge is -2.26. The minimum Gasteiger partial charge on any atom is -0.481 e. The van der Waals surface area contributed by atoms with E-state index >= 15 is 0 Å². The summed E-state index contributed by atoms with van der Waals surface area (Å²) >= 11 is 1.44. The molecule has 14 heteroatoms. The fourth-order valence-electron chi connectivity index (χ4n) is 3.10. The summed E-state index contributed by atoms with van der Waals surface area (Å²) in [6.45, 7) is 3.50. The lowest BCUT2D eigenvalue weighted by molar-refractivity contribution is -0.143. The van der Waals surface area contributed by atoms with Crippen molar-refractivity contribution in [3.05, 3.63) is 18.2 Å². The van der Waals surface area contributed by atoms with E-state index in [4.69, 9.17) is 10.8 Å². The highest BCUT2D eigenvalue weighted by atomic mass is 32.2. The molecular weight excluding hydrogens is 480 g/mol. The standard InChI is InChI=1S/C21H34N6O7S/c1-4-11(2)17(21(33)34)27-19(31)14(5-6-35-3)25-20(32)15(7-12-9-23-10-24-12)26-18(30)13(22)8-16(28)29/h9-11,13-15,17H,4-8,22H2,1-3H3,(H,23,24)(H,25,32)(H,26,30)(H,27,31)(H,28,29)(H,33,34). The van der Waals surface area contributed by atoms with E-state index in [2.05, 4.69) is 25.9 Å². The van der Waals surface area contributed by atoms with Gasteiger partial charge >= 0.3 is 11.9 Å². The van der Waals surface area contributed by atoms with E-state index in [1.54, 1.807) is 13.8 Å². The molecule has 1 aromatic rings. The van der Waals surface area contributed by atoms with Crippen molar-refractivity contribution in [1.29, 1.82) is 0 Å². The average Bonchev–Trinajstić information content (AvgIpc) is 3.31. The Labute approximate surface area is 207 Å². The van der Waals surface area contributed by atoms with Gasteiger partial charge in [0.2, 0.25) is 17.7 Å². The number of imidazole rings is 1. The Morgan fingerprint density at radius 2 is 1.71 bits per heavy atom. The van der Waals surface area contributed by atoms with E-state index < -0.39 is 60.2 Å². The Bertz CT molecular complexity index is 866. The molecule has 35 heavy (non-hydrogen) atoms. The van der Waals surface area contributed by atoms with Gasteiger partial charge in [-0.2, -0.15) is 11.8 Å². The van der Waals surface area contributed by atoms with Gasteiger partial charge in [0.1, 0.15) is 18.1 Å². The number of hydrogen-bond donors (Lipinski definition) is 7. The van der Waals surface area contributed by atoms with Gasteiger partial charge in [-0.25, -0.2) is 9.78 Å². The highest BCUT2D eigenvalue weighted by Crippen LogP contribution is 2.10. The second-order valence-corrected chi connectivity index (χ2v) is 9.08. The zero-order valence-corrected chi connectivity index (χ0v) is 20.8. The molecule has 13 nitrogen and oxygen atoms in total. The fourth-order valence-corrected chi connectivity index (χ4v) is 3.57. The van der Waals surface area contributed by atoms with Crippen LogP contribution in [0.3, 0.4) is 0 Å². The first kappa shape index (κ1) is 29.9. The number of nitrogens with zero attached hydrogens (tertiary/aromatic N) is 1. The molecule has 1 heterocycles. The number of rotatable bonds is 16. The first-order valence-electron chi connectivity index (χ1n) is 11.1. The third-order valence-corrected chi connectivity index (χ3v) is 6.01. The minimum atomic E-state index is -1.38. The molecule has 0 saturated carbocycles. The summed E-state index contributed by atoms with van der Waals surface area (Å²) in [6.07, 6.45) is 4.74. The lowest BCUT2D eigenvalue weighted by atomic mass is 9.98. The van der Waals surface area contributed by atoms with Crippen LogP contribution in [-0.4, -0.2) is 86.0 Å². The van der Waals surface area contributed by atoms with Crippen LogP contribution in [0.2, 0.25) is 0 Å². The number of carboxylic acid groups (broad SMARTS) is 2. The summed E-state index contributed by atoms with van der Waals surface area (Å²) in [6, 6.07) is -4.77. The Morgan fingerprint density at radius 3 is 2.23 bits per heavy atom. The maximum atomic E-state index is 13.1. The number of aromatic amines is 1. The van der Waals surface area contributed by atoms with Crippen LogP contribution in [0.5, 0.6) is 0 Å². The number of hydrogen-bond acceptors (Lipinski definition) is 8. The van der Waals surface area contributed by atoms with Gasteiger partial charge < -0.3 is 36.9 Å². The van der Waals surface area contributed by atoms with Crippen LogP contribution in [0.25, 0.3) is 0 Å². The molecule has 5 unspecified atom stereocenters. The quantitative estimate of drug-likeness (QED) is 0.144. The van der Waals surface area contributed by atoms with Crippen LogP contribution in [0, 0.1) is 5.92 Å². The van der Waals surface area contributed by atoms with E-state index in [0.29, 0.717) is 17.9 Å². The van der Waals surface area contributed by atoms with Crippen molar-refractivity contribution < 1.29 is 34.2 Å². The van der Waals surface area contributed by atoms with Crippen LogP contribution in [0.15, 0.2) is 12.5 Å². The molecule has 0 aliphatic rings. The number of H-pyrrole nitrogens is 1. The summed E-state index contributed by atoms with van der Waals surface area (Å²) in [7, 11) is 0. The molecule has 3 amide bonds. The van der Waals surface area contributed by atoms with Gasteiger partial charge in [0.05, 0.1) is 18.8 Å². The predicted molar refractivity (Wildman–Crippen MR) is 128 cm³/mol. The third kappa shape index (κ3) is 10.3. The van der Waals surface area contributed by atoms with Gasteiger partial charge in [-0.15, -0.1) is 0 Å². The number of aromatic nitrogens is 2. The van der Waals surface area contributed by atoms with E-state index in [1.807, 2.05) is 6.26 Å². The molecule has 196 valence electrons. The Morgan fingerprint density at radius 1 is 1.09 bits per heavy atom. The molecule has 0 aliphatic heterocycles. The van der Waals surface area contributed by atoms with Crippen LogP contribution in [0.1, 0.15) is 38.8 Å². The monoisotopic (exact) mass is 514 g/mol. The molecule has 0 aromatic carbocycles. The van der Waals surface area contributed by atoms with Gasteiger partial charge in [-0.05, 0) is 24.3 Å². The zero-order chi connectivity index (χ0) is 26.5. The normalized spacial score (nSPS) is 15.2. The van der Waals surface area contributed by atoms with Crippen molar-refractivity contribution >= 4 is 41.4 Å². The SMILES string of the molecule is CCC(C)C(NC(=O)C(CCSC)NC(=O)C(Cc1cnc[nH]1)NC(=O)C(N)CC(=O)O)C(=O)O. The second-order valence-electron chi connectivity index (χ2n) is 8.10. The molecule has 0 aliphatic carbocycles. The predicted octanol–water partition coefficient (Wildman–Crippen LogP) is -0.908. The largest absolute Gasteiger partial charge is 0.481 e. The summed E-state index contributed by atoms with van der Waals surface area (Å²) in [5.41, 5.74) is 6.12. The van der Waals surface area contributed by atoms with Crippen LogP contribution in [0.4, 0.5) is 0 Å². The van der Waals surface area contributed by atoms with Crippen LogP contribution < -0.4 is 21.7 Å².